The molecule has 0 radical (unpaired) electrons. The molecule has 39 heavy (non-hydrogen) atoms. The second kappa shape index (κ2) is 12.7. The molecule has 7 nitrogen and oxygen atoms in total. The van der Waals surface area contributed by atoms with Gasteiger partial charge in [0.05, 0.1) is 31.9 Å². The molecule has 4 aromatic rings. The number of imidazole rings is 1. The number of aryl methyl sites for hydroxylation is 1. The number of para-hydroxylation sites is 2. The van der Waals surface area contributed by atoms with Crippen molar-refractivity contribution in [3.8, 4) is 17.2 Å². The van der Waals surface area contributed by atoms with Gasteiger partial charge in [-0.3, -0.25) is 4.79 Å². The number of ether oxygens (including phenoxy) is 3. The fourth-order valence-electron chi connectivity index (χ4n) is 4.55. The largest absolute Gasteiger partial charge is 0.494 e. The Kier molecular flexibility index (Phi) is 9.12. The Balaban J connectivity index is 1.32. The average molecular weight is 530 g/mol. The molecule has 7 heteroatoms. The Labute approximate surface area is 231 Å². The molecule has 0 spiro atoms. The summed E-state index contributed by atoms with van der Waals surface area (Å²) in [6, 6.07) is 21.7. The molecule has 1 amide bonds. The average Bonchev–Trinajstić information content (AvgIpc) is 3.29. The summed E-state index contributed by atoms with van der Waals surface area (Å²) in [5.41, 5.74) is 4.03. The molecule has 1 heterocycles. The van der Waals surface area contributed by atoms with Gasteiger partial charge >= 0.3 is 0 Å². The lowest BCUT2D eigenvalue weighted by Gasteiger charge is -2.19. The highest BCUT2D eigenvalue weighted by Gasteiger charge is 2.14. The van der Waals surface area contributed by atoms with Crippen molar-refractivity contribution in [2.45, 2.75) is 52.0 Å². The van der Waals surface area contributed by atoms with E-state index < -0.39 is 0 Å². The van der Waals surface area contributed by atoms with Crippen LogP contribution in [-0.4, -0.2) is 42.8 Å². The summed E-state index contributed by atoms with van der Waals surface area (Å²) < 4.78 is 18.8. The minimum absolute atomic E-state index is 0.135. The molecular weight excluding hydrogens is 490 g/mol. The predicted molar refractivity (Wildman–Crippen MR) is 155 cm³/mol. The molecule has 0 saturated carbocycles. The number of aromatic nitrogens is 2. The van der Waals surface area contributed by atoms with Gasteiger partial charge in [-0.05, 0) is 66.3 Å². The Morgan fingerprint density at radius 3 is 2.38 bits per heavy atom. The fourth-order valence-corrected chi connectivity index (χ4v) is 4.55. The van der Waals surface area contributed by atoms with Crippen LogP contribution in [0.3, 0.4) is 0 Å². The van der Waals surface area contributed by atoms with Crippen LogP contribution >= 0.6 is 0 Å². The van der Waals surface area contributed by atoms with Gasteiger partial charge in [0.25, 0.3) is 5.91 Å². The summed E-state index contributed by atoms with van der Waals surface area (Å²) in [4.78, 5) is 17.6. The first-order valence-corrected chi connectivity index (χ1v) is 13.5. The molecule has 3 aromatic carbocycles. The van der Waals surface area contributed by atoms with Crippen molar-refractivity contribution in [1.82, 2.24) is 14.9 Å². The Bertz CT molecular complexity index is 1390. The van der Waals surface area contributed by atoms with Crippen LogP contribution in [0.25, 0.3) is 11.0 Å². The van der Waals surface area contributed by atoms with Gasteiger partial charge in [0.1, 0.15) is 11.6 Å². The van der Waals surface area contributed by atoms with Gasteiger partial charge in [-0.2, -0.15) is 0 Å². The number of nitrogens with zero attached hydrogens (tertiary/aromatic N) is 2. The van der Waals surface area contributed by atoms with E-state index in [4.69, 9.17) is 19.2 Å². The quantitative estimate of drug-likeness (QED) is 0.222. The number of fused-ring (bicyclic) bond motifs is 1. The predicted octanol–water partition coefficient (Wildman–Crippen LogP) is 6.18. The van der Waals surface area contributed by atoms with E-state index in [-0.39, 0.29) is 11.3 Å². The molecule has 0 aliphatic carbocycles. The molecule has 1 N–H and O–H groups in total. The van der Waals surface area contributed by atoms with Crippen LogP contribution in [0.5, 0.6) is 17.2 Å². The van der Waals surface area contributed by atoms with Crippen LogP contribution < -0.4 is 19.5 Å². The highest BCUT2D eigenvalue weighted by Crippen LogP contribution is 2.27. The third-order valence-corrected chi connectivity index (χ3v) is 6.78. The molecule has 0 bridgehead atoms. The minimum Gasteiger partial charge on any atom is -0.494 e. The summed E-state index contributed by atoms with van der Waals surface area (Å²) in [5, 5.41) is 3.01. The number of carbonyl (C=O) groups is 1. The minimum atomic E-state index is -0.161. The lowest BCUT2D eigenvalue weighted by molar-refractivity contribution is 0.0953. The molecule has 0 unspecified atom stereocenters. The maximum atomic E-state index is 12.7. The number of rotatable bonds is 12. The van der Waals surface area contributed by atoms with Crippen molar-refractivity contribution in [2.75, 3.05) is 27.4 Å². The summed E-state index contributed by atoms with van der Waals surface area (Å²) in [6.07, 6.45) is 2.53. The third kappa shape index (κ3) is 7.11. The molecule has 206 valence electrons. The van der Waals surface area contributed by atoms with Crippen molar-refractivity contribution < 1.29 is 19.0 Å². The van der Waals surface area contributed by atoms with Crippen LogP contribution in [0, 0.1) is 0 Å². The molecular formula is C32H39N3O4. The highest BCUT2D eigenvalue weighted by molar-refractivity contribution is 5.94. The SMILES string of the molecule is COc1ccc(C(=O)NCCc2nc3ccccc3n2CCCCOc2ccc(C(C)(C)C)cc2)cc1OC. The third-order valence-electron chi connectivity index (χ3n) is 6.78. The number of carbonyl (C=O) groups excluding carboxylic acids is 1. The van der Waals surface area contributed by atoms with E-state index in [9.17, 15) is 4.79 Å². The van der Waals surface area contributed by atoms with Crippen molar-refractivity contribution in [2.24, 2.45) is 0 Å². The standard InChI is InChI=1S/C32H39N3O4/c1-32(2,3)24-13-15-25(16-14-24)39-21-9-8-20-35-27-11-7-6-10-26(27)34-30(35)18-19-33-31(36)23-12-17-28(37-4)29(22-23)38-5/h6-7,10-17,22H,8-9,18-21H2,1-5H3,(H,33,36). The monoisotopic (exact) mass is 529 g/mol. The van der Waals surface area contributed by atoms with Gasteiger partial charge in [-0.1, -0.05) is 45.0 Å². The maximum absolute atomic E-state index is 12.7. The summed E-state index contributed by atoms with van der Waals surface area (Å²) in [5.74, 6) is 2.82. The topological polar surface area (TPSA) is 74.6 Å². The maximum Gasteiger partial charge on any atom is 0.251 e. The van der Waals surface area contributed by atoms with E-state index >= 15 is 0 Å². The second-order valence-corrected chi connectivity index (χ2v) is 10.6. The first kappa shape index (κ1) is 28.0. The van der Waals surface area contributed by atoms with Gasteiger partial charge in [0, 0.05) is 25.1 Å². The van der Waals surface area contributed by atoms with Crippen molar-refractivity contribution in [3.05, 3.63) is 83.7 Å². The van der Waals surface area contributed by atoms with Crippen LogP contribution in [0.15, 0.2) is 66.7 Å². The van der Waals surface area contributed by atoms with E-state index in [1.54, 1.807) is 32.4 Å². The summed E-state index contributed by atoms with van der Waals surface area (Å²) in [7, 11) is 3.13. The van der Waals surface area contributed by atoms with Gasteiger partial charge < -0.3 is 24.1 Å². The molecule has 0 saturated heterocycles. The highest BCUT2D eigenvalue weighted by atomic mass is 16.5. The molecule has 0 atom stereocenters. The van der Waals surface area contributed by atoms with Crippen LogP contribution in [0.2, 0.25) is 0 Å². The Hall–Kier alpha value is -4.00. The van der Waals surface area contributed by atoms with E-state index in [0.29, 0.717) is 36.6 Å². The first-order chi connectivity index (χ1) is 18.8. The lowest BCUT2D eigenvalue weighted by Crippen LogP contribution is -2.26. The molecule has 0 fully saturated rings. The van der Waals surface area contributed by atoms with Crippen molar-refractivity contribution in [3.63, 3.8) is 0 Å². The number of nitrogens with one attached hydrogen (secondary N) is 1. The summed E-state index contributed by atoms with van der Waals surface area (Å²) in [6.45, 7) is 8.61. The van der Waals surface area contributed by atoms with E-state index in [1.165, 1.54) is 5.56 Å². The smallest absolute Gasteiger partial charge is 0.251 e. The van der Waals surface area contributed by atoms with Crippen molar-refractivity contribution >= 4 is 16.9 Å². The van der Waals surface area contributed by atoms with Crippen LogP contribution in [0.1, 0.15) is 55.4 Å². The van der Waals surface area contributed by atoms with Gasteiger partial charge in [0.15, 0.2) is 11.5 Å². The zero-order valence-corrected chi connectivity index (χ0v) is 23.6. The fraction of sp³-hybridized carbons (Fsp3) is 0.375. The van der Waals surface area contributed by atoms with Gasteiger partial charge in [-0.25, -0.2) is 4.98 Å². The lowest BCUT2D eigenvalue weighted by atomic mass is 9.87. The zero-order chi connectivity index (χ0) is 27.8. The normalized spacial score (nSPS) is 11.4. The number of methoxy groups -OCH3 is 2. The Morgan fingerprint density at radius 2 is 1.67 bits per heavy atom. The first-order valence-electron chi connectivity index (χ1n) is 13.5. The number of amides is 1. The van der Waals surface area contributed by atoms with Crippen LogP contribution in [0.4, 0.5) is 0 Å². The molecule has 0 aliphatic heterocycles. The second-order valence-electron chi connectivity index (χ2n) is 10.6. The molecule has 0 aliphatic rings. The van der Waals surface area contributed by atoms with E-state index in [0.717, 1.165) is 42.0 Å². The summed E-state index contributed by atoms with van der Waals surface area (Å²) >= 11 is 0. The van der Waals surface area contributed by atoms with Crippen molar-refractivity contribution in [1.29, 1.82) is 0 Å². The van der Waals surface area contributed by atoms with E-state index in [2.05, 4.69) is 61.0 Å². The molecule has 4 rings (SSSR count). The van der Waals surface area contributed by atoms with Gasteiger partial charge in [0.2, 0.25) is 0 Å². The Morgan fingerprint density at radius 1 is 0.923 bits per heavy atom. The molecule has 1 aromatic heterocycles. The zero-order valence-electron chi connectivity index (χ0n) is 23.6. The number of hydrogen-bond donors (Lipinski definition) is 1. The van der Waals surface area contributed by atoms with Crippen LogP contribution in [-0.2, 0) is 18.4 Å². The van der Waals surface area contributed by atoms with Gasteiger partial charge in [-0.15, -0.1) is 0 Å². The number of benzene rings is 3. The number of hydrogen-bond acceptors (Lipinski definition) is 5. The number of unbranched alkanes of at least 4 members (excludes halogenated alkanes) is 1. The van der Waals surface area contributed by atoms with E-state index in [1.807, 2.05) is 18.2 Å².